The van der Waals surface area contributed by atoms with Crippen LogP contribution in [0.25, 0.3) is 22.8 Å². The number of likely N-dealkylation sites (N-methyl/N-ethyl adjacent to an activating group) is 1. The molecule has 1 atom stereocenters. The number of carboxylic acid groups (broad SMARTS) is 1. The van der Waals surface area contributed by atoms with E-state index in [4.69, 9.17) is 19.1 Å². The van der Waals surface area contributed by atoms with E-state index in [0.717, 1.165) is 40.8 Å². The topological polar surface area (TPSA) is 131 Å². The van der Waals surface area contributed by atoms with Gasteiger partial charge in [0, 0.05) is 35.3 Å². The van der Waals surface area contributed by atoms with Gasteiger partial charge in [-0.1, -0.05) is 24.9 Å². The Morgan fingerprint density at radius 1 is 1.18 bits per heavy atom. The first kappa shape index (κ1) is 27.5. The Morgan fingerprint density at radius 2 is 1.95 bits per heavy atom. The van der Waals surface area contributed by atoms with Crippen molar-refractivity contribution in [3.8, 4) is 34.5 Å². The van der Waals surface area contributed by atoms with Crippen LogP contribution in [0, 0.1) is 6.92 Å². The second-order valence-electron chi connectivity index (χ2n) is 9.92. The number of nitrogens with zero attached hydrogens (tertiary/aromatic N) is 4. The number of benzene rings is 1. The number of carboxylic acids is 1. The first-order valence-corrected chi connectivity index (χ1v) is 13.0. The molecule has 2 heterocycles. The third kappa shape index (κ3) is 6.68. The number of hydrogen-bond donors (Lipinski definition) is 2. The first-order chi connectivity index (χ1) is 18.3. The number of aryl methyl sites for hydroxylation is 2. The van der Waals surface area contributed by atoms with Gasteiger partial charge in [-0.15, -0.1) is 0 Å². The summed E-state index contributed by atoms with van der Waals surface area (Å²) in [6.07, 6.45) is 4.55. The van der Waals surface area contributed by atoms with Crippen molar-refractivity contribution in [2.45, 2.75) is 58.0 Å². The van der Waals surface area contributed by atoms with Gasteiger partial charge in [-0.25, -0.2) is 4.98 Å². The van der Waals surface area contributed by atoms with E-state index in [1.54, 1.807) is 14.2 Å². The smallest absolute Gasteiger partial charge is 0.317 e. The number of methoxy groups -OCH3 is 1. The maximum Gasteiger partial charge on any atom is 0.317 e. The normalized spacial score (nSPS) is 14.7. The molecule has 4 rings (SSSR count). The lowest BCUT2D eigenvalue weighted by molar-refractivity contribution is -0.138. The van der Waals surface area contributed by atoms with Crippen molar-refractivity contribution in [1.29, 1.82) is 0 Å². The van der Waals surface area contributed by atoms with E-state index in [9.17, 15) is 9.90 Å². The molecule has 1 fully saturated rings. The Balaban J connectivity index is 1.52. The fraction of sp³-hybridized carbons (Fsp3) is 0.500. The summed E-state index contributed by atoms with van der Waals surface area (Å²) in [5, 5.41) is 23.4. The predicted molar refractivity (Wildman–Crippen MR) is 141 cm³/mol. The van der Waals surface area contributed by atoms with Crippen LogP contribution >= 0.6 is 0 Å². The van der Waals surface area contributed by atoms with Gasteiger partial charge < -0.3 is 24.2 Å². The highest BCUT2D eigenvalue weighted by Crippen LogP contribution is 2.36. The van der Waals surface area contributed by atoms with Crippen molar-refractivity contribution in [3.05, 3.63) is 41.1 Å². The number of aliphatic hydroxyl groups is 1. The van der Waals surface area contributed by atoms with Gasteiger partial charge in [0.2, 0.25) is 11.7 Å². The Hall–Kier alpha value is -3.50. The third-order valence-electron chi connectivity index (χ3n) is 6.82. The molecule has 1 unspecified atom stereocenters. The van der Waals surface area contributed by atoms with Crippen LogP contribution in [0.5, 0.6) is 11.6 Å². The van der Waals surface area contributed by atoms with Crippen LogP contribution in [0.3, 0.4) is 0 Å². The van der Waals surface area contributed by atoms with E-state index in [1.165, 1.54) is 17.7 Å². The second-order valence-corrected chi connectivity index (χ2v) is 9.92. The van der Waals surface area contributed by atoms with Crippen molar-refractivity contribution in [2.75, 3.05) is 33.9 Å². The average Bonchev–Trinajstić information content (AvgIpc) is 3.59. The molecule has 10 heteroatoms. The number of hydrogen-bond acceptors (Lipinski definition) is 9. The lowest BCUT2D eigenvalue weighted by Crippen LogP contribution is -2.36. The van der Waals surface area contributed by atoms with Gasteiger partial charge in [0.1, 0.15) is 18.5 Å². The molecule has 0 bridgehead atoms. The molecule has 0 spiro atoms. The lowest BCUT2D eigenvalue weighted by Gasteiger charge is -2.21. The summed E-state index contributed by atoms with van der Waals surface area (Å²) < 4.78 is 17.1. The molecule has 38 heavy (non-hydrogen) atoms. The summed E-state index contributed by atoms with van der Waals surface area (Å²) in [4.78, 5) is 21.7. The number of rotatable bonds is 12. The summed E-state index contributed by atoms with van der Waals surface area (Å²) in [7, 11) is 3.25. The van der Waals surface area contributed by atoms with E-state index in [-0.39, 0.29) is 19.7 Å². The summed E-state index contributed by atoms with van der Waals surface area (Å²) in [5.74, 6) is 1.58. The fourth-order valence-electron chi connectivity index (χ4n) is 4.98. The van der Waals surface area contributed by atoms with Gasteiger partial charge in [0.25, 0.3) is 5.89 Å². The number of carbonyl (C=O) groups is 1. The molecule has 3 aromatic rings. The third-order valence-corrected chi connectivity index (χ3v) is 6.82. The standard InChI is InChI=1S/C28H36N4O6/c1-5-18-11-20(10-17(2)26(18)37-16-22(33)14-32(3)15-25(34)35)27-30-28(38-31-27)21-12-23(19-8-6-7-9-19)29-24(13-21)36-4/h10-13,19,22,33H,5-9,14-16H2,1-4H3,(H,34,35). The second kappa shape index (κ2) is 12.4. The number of pyridine rings is 1. The molecule has 1 saturated carbocycles. The van der Waals surface area contributed by atoms with Gasteiger partial charge in [-0.05, 0) is 62.6 Å². The molecule has 1 aliphatic rings. The number of aromatic nitrogens is 3. The van der Waals surface area contributed by atoms with E-state index < -0.39 is 12.1 Å². The van der Waals surface area contributed by atoms with Crippen LogP contribution in [0.4, 0.5) is 0 Å². The Kier molecular flexibility index (Phi) is 8.96. The summed E-state index contributed by atoms with van der Waals surface area (Å²) in [5.41, 5.74) is 4.42. The minimum absolute atomic E-state index is 0.0523. The van der Waals surface area contributed by atoms with Crippen LogP contribution in [0.1, 0.15) is 55.3 Å². The van der Waals surface area contributed by atoms with Crippen molar-refractivity contribution in [3.63, 3.8) is 0 Å². The highest BCUT2D eigenvalue weighted by molar-refractivity contribution is 5.69. The van der Waals surface area contributed by atoms with Gasteiger partial charge in [-0.3, -0.25) is 9.69 Å². The molecular weight excluding hydrogens is 488 g/mol. The maximum atomic E-state index is 10.8. The van der Waals surface area contributed by atoms with Crippen molar-refractivity contribution < 1.29 is 29.0 Å². The number of ether oxygens (including phenoxy) is 2. The molecule has 0 amide bonds. The summed E-state index contributed by atoms with van der Waals surface area (Å²) in [6.45, 7) is 4.06. The Morgan fingerprint density at radius 3 is 2.63 bits per heavy atom. The number of aliphatic carboxylic acids is 1. The molecule has 1 aromatic carbocycles. The molecule has 0 radical (unpaired) electrons. The van der Waals surface area contributed by atoms with Crippen molar-refractivity contribution >= 4 is 5.97 Å². The van der Waals surface area contributed by atoms with Crippen molar-refractivity contribution in [1.82, 2.24) is 20.0 Å². The highest BCUT2D eigenvalue weighted by Gasteiger charge is 2.22. The first-order valence-electron chi connectivity index (χ1n) is 13.0. The SMILES string of the molecule is CCc1cc(-c2noc(-c3cc(OC)nc(C4CCCC4)c3)n2)cc(C)c1OCC(O)CN(C)CC(=O)O. The Bertz CT molecular complexity index is 1250. The zero-order valence-corrected chi connectivity index (χ0v) is 22.4. The minimum atomic E-state index is -0.942. The number of aliphatic hydroxyl groups excluding tert-OH is 1. The van der Waals surface area contributed by atoms with Crippen molar-refractivity contribution in [2.24, 2.45) is 0 Å². The molecule has 1 aliphatic carbocycles. The maximum absolute atomic E-state index is 10.8. The Labute approximate surface area is 222 Å². The van der Waals surface area contributed by atoms with Crippen LogP contribution in [-0.2, 0) is 11.2 Å². The van der Waals surface area contributed by atoms with E-state index in [2.05, 4.69) is 15.1 Å². The zero-order valence-electron chi connectivity index (χ0n) is 22.4. The minimum Gasteiger partial charge on any atom is -0.490 e. The average molecular weight is 525 g/mol. The van der Waals surface area contributed by atoms with Gasteiger partial charge in [0.05, 0.1) is 13.7 Å². The molecule has 204 valence electrons. The fourth-order valence-corrected chi connectivity index (χ4v) is 4.98. The van der Waals surface area contributed by atoms with Crippen LogP contribution in [0.15, 0.2) is 28.8 Å². The van der Waals surface area contributed by atoms with Crippen LogP contribution in [-0.4, -0.2) is 76.2 Å². The van der Waals surface area contributed by atoms with E-state index in [1.807, 2.05) is 38.1 Å². The zero-order chi connectivity index (χ0) is 27.2. The van der Waals surface area contributed by atoms with E-state index in [0.29, 0.717) is 35.7 Å². The monoisotopic (exact) mass is 524 g/mol. The molecule has 0 aliphatic heterocycles. The molecule has 2 N–H and O–H groups in total. The van der Waals surface area contributed by atoms with Gasteiger partial charge in [-0.2, -0.15) is 4.98 Å². The lowest BCUT2D eigenvalue weighted by atomic mass is 10.0. The molecule has 10 nitrogen and oxygen atoms in total. The van der Waals surface area contributed by atoms with Gasteiger partial charge >= 0.3 is 5.97 Å². The van der Waals surface area contributed by atoms with Crippen LogP contribution in [0.2, 0.25) is 0 Å². The molecular formula is C28H36N4O6. The van der Waals surface area contributed by atoms with Crippen LogP contribution < -0.4 is 9.47 Å². The van der Waals surface area contributed by atoms with E-state index >= 15 is 0 Å². The molecule has 2 aromatic heterocycles. The quantitative estimate of drug-likeness (QED) is 0.357. The largest absolute Gasteiger partial charge is 0.490 e. The predicted octanol–water partition coefficient (Wildman–Crippen LogP) is 4.09. The summed E-state index contributed by atoms with van der Waals surface area (Å²) >= 11 is 0. The molecule has 0 saturated heterocycles. The highest BCUT2D eigenvalue weighted by atomic mass is 16.5. The van der Waals surface area contributed by atoms with Gasteiger partial charge in [0.15, 0.2) is 0 Å². The summed E-state index contributed by atoms with van der Waals surface area (Å²) in [6, 6.07) is 7.74.